The van der Waals surface area contributed by atoms with Gasteiger partial charge in [-0.3, -0.25) is 10.1 Å². The lowest BCUT2D eigenvalue weighted by Gasteiger charge is -2.34. The molecule has 98 valence electrons. The number of carbonyl (C=O) groups is 1. The van der Waals surface area contributed by atoms with Crippen LogP contribution in [0.5, 0.6) is 0 Å². The molecule has 0 aromatic carbocycles. The highest BCUT2D eigenvalue weighted by molar-refractivity contribution is 5.84. The Labute approximate surface area is 105 Å². The number of rotatable bonds is 5. The van der Waals surface area contributed by atoms with Crippen molar-refractivity contribution in [1.82, 2.24) is 10.2 Å². The van der Waals surface area contributed by atoms with Gasteiger partial charge in [-0.25, -0.2) is 0 Å². The molecule has 1 heterocycles. The number of carbonyl (C=O) groups excluding carboxylic acids is 1. The fourth-order valence-electron chi connectivity index (χ4n) is 2.91. The Balaban J connectivity index is 2.00. The van der Waals surface area contributed by atoms with Gasteiger partial charge in [-0.05, 0) is 31.1 Å². The van der Waals surface area contributed by atoms with Crippen molar-refractivity contribution in [1.29, 1.82) is 0 Å². The number of amides is 1. The van der Waals surface area contributed by atoms with Crippen LogP contribution in [0.3, 0.4) is 0 Å². The van der Waals surface area contributed by atoms with Crippen molar-refractivity contribution in [3.63, 3.8) is 0 Å². The van der Waals surface area contributed by atoms with Gasteiger partial charge in [-0.15, -0.1) is 0 Å². The van der Waals surface area contributed by atoms with E-state index < -0.39 is 0 Å². The first-order chi connectivity index (χ1) is 8.13. The quantitative estimate of drug-likeness (QED) is 0.797. The van der Waals surface area contributed by atoms with E-state index in [1.807, 2.05) is 0 Å². The van der Waals surface area contributed by atoms with Gasteiger partial charge < -0.3 is 4.90 Å². The maximum atomic E-state index is 12.3. The van der Waals surface area contributed by atoms with E-state index in [1.165, 1.54) is 19.3 Å². The fraction of sp³-hybridized carbons (Fsp3) is 0.929. The standard InChI is InChI=1S/C14H26N2O/c1-4-6-12-14(17)16(9-11-7-5-8-11)13(15-12)10(2)3/h10-13,15H,4-9H2,1-3H3. The SMILES string of the molecule is CCCC1NC(C(C)C)N(CC2CCC2)C1=O. The minimum Gasteiger partial charge on any atom is -0.325 e. The van der Waals surface area contributed by atoms with Gasteiger partial charge in [0.1, 0.15) is 0 Å². The lowest BCUT2D eigenvalue weighted by atomic mass is 9.85. The van der Waals surface area contributed by atoms with E-state index in [4.69, 9.17) is 0 Å². The molecule has 3 nitrogen and oxygen atoms in total. The number of nitrogens with zero attached hydrogens (tertiary/aromatic N) is 1. The normalized spacial score (nSPS) is 30.1. The van der Waals surface area contributed by atoms with E-state index in [1.54, 1.807) is 0 Å². The molecule has 2 atom stereocenters. The number of hydrogen-bond acceptors (Lipinski definition) is 2. The highest BCUT2D eigenvalue weighted by Gasteiger charge is 2.40. The van der Waals surface area contributed by atoms with Crippen LogP contribution in [0.4, 0.5) is 0 Å². The van der Waals surface area contributed by atoms with E-state index in [0.29, 0.717) is 11.8 Å². The van der Waals surface area contributed by atoms with Crippen molar-refractivity contribution in [2.75, 3.05) is 6.54 Å². The van der Waals surface area contributed by atoms with Crippen LogP contribution in [-0.4, -0.2) is 29.6 Å². The Bertz CT molecular complexity index is 273. The summed E-state index contributed by atoms with van der Waals surface area (Å²) < 4.78 is 0. The van der Waals surface area contributed by atoms with Gasteiger partial charge >= 0.3 is 0 Å². The molecule has 1 saturated carbocycles. The lowest BCUT2D eigenvalue weighted by Crippen LogP contribution is -2.44. The molecule has 1 aliphatic carbocycles. The van der Waals surface area contributed by atoms with Gasteiger partial charge in [0.15, 0.2) is 0 Å². The van der Waals surface area contributed by atoms with Crippen LogP contribution in [0.2, 0.25) is 0 Å². The zero-order valence-electron chi connectivity index (χ0n) is 11.4. The molecule has 17 heavy (non-hydrogen) atoms. The van der Waals surface area contributed by atoms with Crippen molar-refractivity contribution in [2.24, 2.45) is 11.8 Å². The third-order valence-corrected chi connectivity index (χ3v) is 4.18. The van der Waals surface area contributed by atoms with Gasteiger partial charge in [-0.1, -0.05) is 33.6 Å². The Kier molecular flexibility index (Phi) is 4.08. The molecule has 1 saturated heterocycles. The molecule has 1 N–H and O–H groups in total. The Morgan fingerprint density at radius 2 is 2.12 bits per heavy atom. The summed E-state index contributed by atoms with van der Waals surface area (Å²) in [6, 6.07) is 0.0764. The molecule has 0 bridgehead atoms. The minimum absolute atomic E-state index is 0.0764. The minimum atomic E-state index is 0.0764. The van der Waals surface area contributed by atoms with Gasteiger partial charge in [-0.2, -0.15) is 0 Å². The molecule has 2 unspecified atom stereocenters. The fourth-order valence-corrected chi connectivity index (χ4v) is 2.91. The van der Waals surface area contributed by atoms with Gasteiger partial charge in [0.2, 0.25) is 5.91 Å². The maximum absolute atomic E-state index is 12.3. The molecule has 0 spiro atoms. The highest BCUT2D eigenvalue weighted by Crippen LogP contribution is 2.30. The highest BCUT2D eigenvalue weighted by atomic mass is 16.2. The maximum Gasteiger partial charge on any atom is 0.241 e. The third kappa shape index (κ3) is 2.65. The summed E-state index contributed by atoms with van der Waals surface area (Å²) in [5.41, 5.74) is 0. The molecule has 0 radical (unpaired) electrons. The van der Waals surface area contributed by atoms with Crippen molar-refractivity contribution < 1.29 is 4.79 Å². The second-order valence-electron chi connectivity index (χ2n) is 5.98. The van der Waals surface area contributed by atoms with Crippen molar-refractivity contribution in [3.05, 3.63) is 0 Å². The molecule has 0 aromatic heterocycles. The summed E-state index contributed by atoms with van der Waals surface area (Å²) >= 11 is 0. The largest absolute Gasteiger partial charge is 0.325 e. The molecule has 1 amide bonds. The summed E-state index contributed by atoms with van der Waals surface area (Å²) in [6.07, 6.45) is 6.29. The van der Waals surface area contributed by atoms with Crippen LogP contribution in [0.15, 0.2) is 0 Å². The third-order valence-electron chi connectivity index (χ3n) is 4.18. The Hall–Kier alpha value is -0.570. The first-order valence-corrected chi connectivity index (χ1v) is 7.20. The van der Waals surface area contributed by atoms with Crippen LogP contribution in [0.1, 0.15) is 52.9 Å². The van der Waals surface area contributed by atoms with Gasteiger partial charge in [0.25, 0.3) is 0 Å². The second-order valence-corrected chi connectivity index (χ2v) is 5.98. The number of nitrogens with one attached hydrogen (secondary N) is 1. The summed E-state index contributed by atoms with van der Waals surface area (Å²) in [7, 11) is 0. The molecule has 0 aromatic rings. The van der Waals surface area contributed by atoms with Crippen molar-refractivity contribution in [3.8, 4) is 0 Å². The van der Waals surface area contributed by atoms with Gasteiger partial charge in [0.05, 0.1) is 12.2 Å². The molecule has 2 aliphatic rings. The van der Waals surface area contributed by atoms with Crippen molar-refractivity contribution in [2.45, 2.75) is 65.1 Å². The summed E-state index contributed by atoms with van der Waals surface area (Å²) in [4.78, 5) is 14.5. The zero-order chi connectivity index (χ0) is 12.4. The molecule has 2 fully saturated rings. The topological polar surface area (TPSA) is 32.3 Å². The molecular weight excluding hydrogens is 212 g/mol. The van der Waals surface area contributed by atoms with E-state index in [-0.39, 0.29) is 12.2 Å². The van der Waals surface area contributed by atoms with Crippen LogP contribution >= 0.6 is 0 Å². The lowest BCUT2D eigenvalue weighted by molar-refractivity contribution is -0.131. The predicted molar refractivity (Wildman–Crippen MR) is 69.5 cm³/mol. The van der Waals surface area contributed by atoms with Gasteiger partial charge in [0, 0.05) is 6.54 Å². The van der Waals surface area contributed by atoms with Crippen LogP contribution in [0.25, 0.3) is 0 Å². The summed E-state index contributed by atoms with van der Waals surface area (Å²) in [6.45, 7) is 7.53. The van der Waals surface area contributed by atoms with Crippen LogP contribution < -0.4 is 5.32 Å². The Morgan fingerprint density at radius 1 is 1.41 bits per heavy atom. The monoisotopic (exact) mass is 238 g/mol. The summed E-state index contributed by atoms with van der Waals surface area (Å²) in [5, 5.41) is 3.52. The van der Waals surface area contributed by atoms with Crippen LogP contribution in [0, 0.1) is 11.8 Å². The van der Waals surface area contributed by atoms with E-state index >= 15 is 0 Å². The molecule has 3 heteroatoms. The average molecular weight is 238 g/mol. The van der Waals surface area contributed by atoms with E-state index in [0.717, 1.165) is 25.3 Å². The first kappa shape index (κ1) is 12.9. The number of hydrogen-bond donors (Lipinski definition) is 1. The summed E-state index contributed by atoms with van der Waals surface area (Å²) in [5.74, 6) is 1.61. The predicted octanol–water partition coefficient (Wildman–Crippen LogP) is 2.37. The molecule has 1 aliphatic heterocycles. The molecular formula is C14H26N2O. The second kappa shape index (κ2) is 5.38. The van der Waals surface area contributed by atoms with E-state index in [2.05, 4.69) is 31.0 Å². The Morgan fingerprint density at radius 3 is 2.59 bits per heavy atom. The van der Waals surface area contributed by atoms with Crippen molar-refractivity contribution >= 4 is 5.91 Å². The molecule has 2 rings (SSSR count). The van der Waals surface area contributed by atoms with E-state index in [9.17, 15) is 4.79 Å². The van der Waals surface area contributed by atoms with Crippen LogP contribution in [-0.2, 0) is 4.79 Å². The first-order valence-electron chi connectivity index (χ1n) is 7.20. The smallest absolute Gasteiger partial charge is 0.241 e. The average Bonchev–Trinajstić information content (AvgIpc) is 2.52. The zero-order valence-corrected chi connectivity index (χ0v) is 11.4.